The Balaban J connectivity index is -0.000000245. The first-order valence-electron chi connectivity index (χ1n) is 2.38. The van der Waals surface area contributed by atoms with Gasteiger partial charge in [0.2, 0.25) is 0 Å². The molecule has 6 N–H and O–H groups in total. The second-order valence-corrected chi connectivity index (χ2v) is 1.32. The molecule has 0 saturated heterocycles. The van der Waals surface area contributed by atoms with Crippen molar-refractivity contribution in [2.24, 2.45) is 0 Å². The molecule has 0 aliphatic heterocycles. The summed E-state index contributed by atoms with van der Waals surface area (Å²) in [6, 6.07) is 0. The van der Waals surface area contributed by atoms with Crippen LogP contribution in [0.1, 0.15) is 20.3 Å². The molecular weight excluding hydrogens is 136 g/mol. The van der Waals surface area contributed by atoms with Gasteiger partial charge in [-0.05, 0) is 0 Å². The first-order chi connectivity index (χ1) is 3.66. The first-order valence-corrected chi connectivity index (χ1v) is 2.38. The molecule has 0 saturated carbocycles. The summed E-state index contributed by atoms with van der Waals surface area (Å²) in [5.74, 6) is -1.02. The van der Waals surface area contributed by atoms with Gasteiger partial charge in [-0.1, -0.05) is 6.92 Å². The summed E-state index contributed by atoms with van der Waals surface area (Å²) in [6.45, 7) is 2.83. The van der Waals surface area contributed by atoms with Gasteiger partial charge in [0.1, 0.15) is 0 Å². The summed E-state index contributed by atoms with van der Waals surface area (Å²) < 4.78 is 4.12. The van der Waals surface area contributed by atoms with E-state index in [1.54, 1.807) is 6.92 Å². The summed E-state index contributed by atoms with van der Waals surface area (Å²) >= 11 is 0. The van der Waals surface area contributed by atoms with Crippen molar-refractivity contribution < 1.29 is 14.3 Å². The van der Waals surface area contributed by atoms with E-state index in [1.165, 1.54) is 6.92 Å². The molecule has 0 aromatic heterocycles. The van der Waals surface area contributed by atoms with E-state index < -0.39 is 11.9 Å². The van der Waals surface area contributed by atoms with Crippen molar-refractivity contribution in [3.05, 3.63) is 0 Å². The number of hydrogen-bond donors (Lipinski definition) is 2. The van der Waals surface area contributed by atoms with E-state index in [2.05, 4.69) is 4.74 Å². The highest BCUT2D eigenvalue weighted by atomic mass is 16.6. The molecule has 0 aromatic carbocycles. The lowest BCUT2D eigenvalue weighted by atomic mass is 10.5. The van der Waals surface area contributed by atoms with Crippen LogP contribution in [0.4, 0.5) is 0 Å². The third kappa shape index (κ3) is 10.1. The van der Waals surface area contributed by atoms with Gasteiger partial charge in [0, 0.05) is 13.3 Å². The minimum atomic E-state index is -0.545. The van der Waals surface area contributed by atoms with E-state index in [0.717, 1.165) is 0 Å². The molecule has 0 unspecified atom stereocenters. The molecule has 0 spiro atoms. The van der Waals surface area contributed by atoms with Gasteiger partial charge in [0.25, 0.3) is 0 Å². The van der Waals surface area contributed by atoms with Crippen molar-refractivity contribution in [2.75, 3.05) is 0 Å². The molecule has 0 radical (unpaired) electrons. The number of ether oxygens (including phenoxy) is 1. The van der Waals surface area contributed by atoms with Gasteiger partial charge in [0.05, 0.1) is 0 Å². The Morgan fingerprint density at radius 1 is 1.30 bits per heavy atom. The van der Waals surface area contributed by atoms with Crippen LogP contribution in [0.15, 0.2) is 0 Å². The molecule has 0 rings (SSSR count). The van der Waals surface area contributed by atoms with Gasteiger partial charge in [-0.15, -0.1) is 0 Å². The van der Waals surface area contributed by atoms with Crippen LogP contribution in [0.2, 0.25) is 0 Å². The van der Waals surface area contributed by atoms with Gasteiger partial charge < -0.3 is 17.0 Å². The SMILES string of the molecule is CCC(=O)OC(C)=O.N.N. The quantitative estimate of drug-likeness (QED) is 0.424. The molecule has 10 heavy (non-hydrogen) atoms. The van der Waals surface area contributed by atoms with Crippen LogP contribution in [0.3, 0.4) is 0 Å². The van der Waals surface area contributed by atoms with Crippen LogP contribution in [0.5, 0.6) is 0 Å². The van der Waals surface area contributed by atoms with Crippen LogP contribution >= 0.6 is 0 Å². The number of esters is 2. The lowest BCUT2D eigenvalue weighted by Crippen LogP contribution is -2.06. The van der Waals surface area contributed by atoms with Crippen molar-refractivity contribution in [2.45, 2.75) is 20.3 Å². The van der Waals surface area contributed by atoms with Crippen molar-refractivity contribution in [3.8, 4) is 0 Å². The molecule has 0 aliphatic carbocycles. The summed E-state index contributed by atoms with van der Waals surface area (Å²) in [4.78, 5) is 20.1. The Morgan fingerprint density at radius 2 is 1.70 bits per heavy atom. The highest BCUT2D eigenvalue weighted by Crippen LogP contribution is 1.82. The fraction of sp³-hybridized carbons (Fsp3) is 0.600. The Kier molecular flexibility index (Phi) is 12.9. The molecular formula is C5H14N2O3. The predicted octanol–water partition coefficient (Wildman–Crippen LogP) is 0.810. The second-order valence-electron chi connectivity index (χ2n) is 1.32. The van der Waals surface area contributed by atoms with Crippen LogP contribution in [0, 0.1) is 0 Å². The molecule has 0 heterocycles. The fourth-order valence-corrected chi connectivity index (χ4v) is 0.232. The Labute approximate surface area is 59.9 Å². The second kappa shape index (κ2) is 8.06. The average molecular weight is 150 g/mol. The molecule has 0 aromatic rings. The maximum atomic E-state index is 10.2. The molecule has 5 heteroatoms. The van der Waals surface area contributed by atoms with Crippen molar-refractivity contribution in [3.63, 3.8) is 0 Å². The zero-order valence-electron chi connectivity index (χ0n) is 6.35. The van der Waals surface area contributed by atoms with Crippen molar-refractivity contribution in [1.29, 1.82) is 0 Å². The van der Waals surface area contributed by atoms with Gasteiger partial charge in [-0.2, -0.15) is 0 Å². The lowest BCUT2D eigenvalue weighted by Gasteiger charge is -1.92. The van der Waals surface area contributed by atoms with E-state index in [0.29, 0.717) is 0 Å². The minimum absolute atomic E-state index is 0. The number of rotatable bonds is 1. The smallest absolute Gasteiger partial charge is 0.313 e. The number of carbonyl (C=O) groups excluding carboxylic acids is 2. The summed E-state index contributed by atoms with van der Waals surface area (Å²) in [6.07, 6.45) is 0.250. The van der Waals surface area contributed by atoms with Crippen LogP contribution < -0.4 is 12.3 Å². The van der Waals surface area contributed by atoms with Crippen LogP contribution in [0.25, 0.3) is 0 Å². The molecule has 62 valence electrons. The fourth-order valence-electron chi connectivity index (χ4n) is 0.232. The zero-order chi connectivity index (χ0) is 6.57. The number of carbonyl (C=O) groups is 2. The van der Waals surface area contributed by atoms with E-state index in [9.17, 15) is 9.59 Å². The Bertz CT molecular complexity index is 113. The largest absolute Gasteiger partial charge is 0.393 e. The van der Waals surface area contributed by atoms with E-state index in [-0.39, 0.29) is 18.7 Å². The third-order valence-corrected chi connectivity index (χ3v) is 0.546. The first kappa shape index (κ1) is 16.0. The van der Waals surface area contributed by atoms with Gasteiger partial charge >= 0.3 is 11.9 Å². The maximum absolute atomic E-state index is 10.2. The standard InChI is InChI=1S/C5H8O3.2H3N/c1-3-5(7)8-4(2)6;;/h3H2,1-2H3;2*1H3. The molecule has 0 bridgehead atoms. The Hall–Kier alpha value is -0.940. The minimum Gasteiger partial charge on any atom is -0.393 e. The zero-order valence-corrected chi connectivity index (χ0v) is 6.35. The monoisotopic (exact) mass is 150 g/mol. The van der Waals surface area contributed by atoms with E-state index >= 15 is 0 Å². The van der Waals surface area contributed by atoms with Crippen LogP contribution in [-0.4, -0.2) is 11.9 Å². The summed E-state index contributed by atoms with van der Waals surface area (Å²) in [7, 11) is 0. The van der Waals surface area contributed by atoms with E-state index in [4.69, 9.17) is 0 Å². The topological polar surface area (TPSA) is 113 Å². The van der Waals surface area contributed by atoms with Crippen molar-refractivity contribution >= 4 is 11.9 Å². The number of hydrogen-bond acceptors (Lipinski definition) is 5. The molecule has 5 nitrogen and oxygen atoms in total. The maximum Gasteiger partial charge on any atom is 0.313 e. The van der Waals surface area contributed by atoms with Crippen LogP contribution in [-0.2, 0) is 14.3 Å². The Morgan fingerprint density at radius 3 is 1.80 bits per heavy atom. The van der Waals surface area contributed by atoms with Gasteiger partial charge in [-0.25, -0.2) is 0 Å². The average Bonchev–Trinajstić information content (AvgIpc) is 1.65. The van der Waals surface area contributed by atoms with Gasteiger partial charge in [0.15, 0.2) is 0 Å². The molecule has 0 aliphatic rings. The third-order valence-electron chi connectivity index (χ3n) is 0.546. The predicted molar refractivity (Wildman–Crippen MR) is 37.1 cm³/mol. The van der Waals surface area contributed by atoms with Gasteiger partial charge in [-0.3, -0.25) is 9.59 Å². The normalized spacial score (nSPS) is 6.60. The molecule has 0 fully saturated rings. The van der Waals surface area contributed by atoms with Crippen molar-refractivity contribution in [1.82, 2.24) is 12.3 Å². The lowest BCUT2D eigenvalue weighted by molar-refractivity contribution is -0.157. The molecule has 0 amide bonds. The summed E-state index contributed by atoms with van der Waals surface area (Å²) in [5.41, 5.74) is 0. The molecule has 0 atom stereocenters. The summed E-state index contributed by atoms with van der Waals surface area (Å²) in [5, 5.41) is 0. The highest BCUT2D eigenvalue weighted by molar-refractivity contribution is 5.83. The van der Waals surface area contributed by atoms with E-state index in [1.807, 2.05) is 0 Å². The highest BCUT2D eigenvalue weighted by Gasteiger charge is 1.99.